The van der Waals surface area contributed by atoms with Crippen molar-refractivity contribution in [3.8, 4) is 0 Å². The summed E-state index contributed by atoms with van der Waals surface area (Å²) in [5, 5.41) is 12.0. The van der Waals surface area contributed by atoms with Crippen LogP contribution in [0.25, 0.3) is 0 Å². The molecule has 0 saturated heterocycles. The van der Waals surface area contributed by atoms with Crippen molar-refractivity contribution >= 4 is 11.9 Å². The normalized spacial score (nSPS) is 22.0. The first-order valence-corrected chi connectivity index (χ1v) is 8.65. The molecule has 1 aliphatic carbocycles. The molecule has 0 aromatic rings. The molecule has 0 aromatic heterocycles. The maximum absolute atomic E-state index is 11.8. The zero-order chi connectivity index (χ0) is 15.5. The zero-order valence-electron chi connectivity index (χ0n) is 13.4. The van der Waals surface area contributed by atoms with Gasteiger partial charge in [-0.2, -0.15) is 0 Å². The van der Waals surface area contributed by atoms with Gasteiger partial charge in [-0.05, 0) is 32.1 Å². The topological polar surface area (TPSA) is 66.4 Å². The van der Waals surface area contributed by atoms with Crippen molar-refractivity contribution in [2.45, 2.75) is 90.0 Å². The summed E-state index contributed by atoms with van der Waals surface area (Å²) in [5.41, 5.74) is 0. The average molecular weight is 297 g/mol. The van der Waals surface area contributed by atoms with E-state index in [1.807, 2.05) is 0 Å². The lowest BCUT2D eigenvalue weighted by Crippen LogP contribution is -2.38. The summed E-state index contributed by atoms with van der Waals surface area (Å²) in [5.74, 6) is -0.758. The molecule has 1 rings (SSSR count). The lowest BCUT2D eigenvalue weighted by molar-refractivity contribution is -0.142. The first-order valence-electron chi connectivity index (χ1n) is 8.65. The lowest BCUT2D eigenvalue weighted by atomic mass is 9.86. The van der Waals surface area contributed by atoms with Gasteiger partial charge >= 0.3 is 5.97 Å². The SMILES string of the molecule is CCCCCCCCCC(=O)NC1CCC(C(=O)O)CC1. The van der Waals surface area contributed by atoms with Gasteiger partial charge in [0, 0.05) is 12.5 Å². The Morgan fingerprint density at radius 1 is 0.952 bits per heavy atom. The van der Waals surface area contributed by atoms with Crippen LogP contribution in [0, 0.1) is 5.92 Å². The van der Waals surface area contributed by atoms with Crippen LogP contribution in [0.1, 0.15) is 84.0 Å². The third-order valence-electron chi connectivity index (χ3n) is 4.45. The molecule has 0 aromatic carbocycles. The third-order valence-corrected chi connectivity index (χ3v) is 4.45. The van der Waals surface area contributed by atoms with Gasteiger partial charge in [-0.15, -0.1) is 0 Å². The van der Waals surface area contributed by atoms with E-state index in [4.69, 9.17) is 5.11 Å². The van der Waals surface area contributed by atoms with Gasteiger partial charge in [0.1, 0.15) is 0 Å². The van der Waals surface area contributed by atoms with E-state index in [1.165, 1.54) is 32.1 Å². The minimum atomic E-state index is -0.692. The quantitative estimate of drug-likeness (QED) is 0.601. The van der Waals surface area contributed by atoms with E-state index in [9.17, 15) is 9.59 Å². The fourth-order valence-corrected chi connectivity index (χ4v) is 3.03. The van der Waals surface area contributed by atoms with Crippen LogP contribution in [0.15, 0.2) is 0 Å². The molecule has 1 amide bonds. The number of carboxylic acid groups (broad SMARTS) is 1. The largest absolute Gasteiger partial charge is 0.481 e. The molecule has 0 spiro atoms. The van der Waals surface area contributed by atoms with Crippen LogP contribution in [0.2, 0.25) is 0 Å². The van der Waals surface area contributed by atoms with Crippen molar-refractivity contribution in [1.29, 1.82) is 0 Å². The zero-order valence-corrected chi connectivity index (χ0v) is 13.4. The summed E-state index contributed by atoms with van der Waals surface area (Å²) in [7, 11) is 0. The number of hydrogen-bond donors (Lipinski definition) is 2. The minimum Gasteiger partial charge on any atom is -0.481 e. The minimum absolute atomic E-state index is 0.141. The molecule has 21 heavy (non-hydrogen) atoms. The van der Waals surface area contributed by atoms with Gasteiger partial charge in [-0.25, -0.2) is 0 Å². The van der Waals surface area contributed by atoms with E-state index in [1.54, 1.807) is 0 Å². The molecule has 2 N–H and O–H groups in total. The average Bonchev–Trinajstić information content (AvgIpc) is 2.47. The molecule has 122 valence electrons. The molecular formula is C17H31NO3. The monoisotopic (exact) mass is 297 g/mol. The van der Waals surface area contributed by atoms with E-state index < -0.39 is 5.97 Å². The molecular weight excluding hydrogens is 266 g/mol. The molecule has 4 nitrogen and oxygen atoms in total. The van der Waals surface area contributed by atoms with Crippen LogP contribution in [0.4, 0.5) is 0 Å². The Bertz CT molecular complexity index is 309. The highest BCUT2D eigenvalue weighted by atomic mass is 16.4. The highest BCUT2D eigenvalue weighted by molar-refractivity contribution is 5.76. The number of hydrogen-bond acceptors (Lipinski definition) is 2. The van der Waals surface area contributed by atoms with Crippen LogP contribution >= 0.6 is 0 Å². The Balaban J connectivity index is 2.00. The summed E-state index contributed by atoms with van der Waals surface area (Å²) in [6.45, 7) is 2.22. The summed E-state index contributed by atoms with van der Waals surface area (Å²) < 4.78 is 0. The molecule has 1 saturated carbocycles. The van der Waals surface area contributed by atoms with Gasteiger partial charge < -0.3 is 10.4 Å². The van der Waals surface area contributed by atoms with E-state index >= 15 is 0 Å². The maximum atomic E-state index is 11.8. The molecule has 1 fully saturated rings. The van der Waals surface area contributed by atoms with Crippen LogP contribution in [-0.4, -0.2) is 23.0 Å². The van der Waals surface area contributed by atoms with Crippen molar-refractivity contribution < 1.29 is 14.7 Å². The first kappa shape index (κ1) is 18.0. The summed E-state index contributed by atoms with van der Waals surface area (Å²) in [6, 6.07) is 0.192. The summed E-state index contributed by atoms with van der Waals surface area (Å²) in [6.07, 6.45) is 12.2. The Hall–Kier alpha value is -1.06. The molecule has 0 heterocycles. The molecule has 4 heteroatoms. The Morgan fingerprint density at radius 2 is 1.52 bits per heavy atom. The van der Waals surface area contributed by atoms with Gasteiger partial charge in [0.2, 0.25) is 5.91 Å². The molecule has 1 aliphatic rings. The van der Waals surface area contributed by atoms with Gasteiger partial charge in [-0.3, -0.25) is 9.59 Å². The van der Waals surface area contributed by atoms with Crippen LogP contribution in [-0.2, 0) is 9.59 Å². The van der Waals surface area contributed by atoms with Crippen LogP contribution in [0.3, 0.4) is 0 Å². The number of carbonyl (C=O) groups excluding carboxylic acids is 1. The van der Waals surface area contributed by atoms with Gasteiger partial charge in [0.05, 0.1) is 5.92 Å². The molecule has 0 atom stereocenters. The van der Waals surface area contributed by atoms with Gasteiger partial charge in [0.25, 0.3) is 0 Å². The Labute approximate surface area is 128 Å². The number of amides is 1. The highest BCUT2D eigenvalue weighted by Gasteiger charge is 2.26. The lowest BCUT2D eigenvalue weighted by Gasteiger charge is -2.26. The standard InChI is InChI=1S/C17H31NO3/c1-2-3-4-5-6-7-8-9-16(19)18-15-12-10-14(11-13-15)17(20)21/h14-15H,2-13H2,1H3,(H,18,19)(H,20,21). The molecule has 0 bridgehead atoms. The number of unbranched alkanes of at least 4 members (excludes halogenated alkanes) is 6. The van der Waals surface area contributed by atoms with Crippen molar-refractivity contribution in [1.82, 2.24) is 5.32 Å². The number of aliphatic carboxylic acids is 1. The number of carbonyl (C=O) groups is 2. The highest BCUT2D eigenvalue weighted by Crippen LogP contribution is 2.24. The third kappa shape index (κ3) is 8.08. The molecule has 0 aliphatic heterocycles. The predicted octanol–water partition coefficient (Wildman–Crippen LogP) is 3.89. The Kier molecular flexibility index (Phi) is 9.11. The fraction of sp³-hybridized carbons (Fsp3) is 0.882. The number of nitrogens with one attached hydrogen (secondary N) is 1. The van der Waals surface area contributed by atoms with Crippen molar-refractivity contribution in [3.63, 3.8) is 0 Å². The maximum Gasteiger partial charge on any atom is 0.306 e. The molecule has 0 unspecified atom stereocenters. The summed E-state index contributed by atoms with van der Waals surface area (Å²) >= 11 is 0. The number of carboxylic acids is 1. The fourth-order valence-electron chi connectivity index (χ4n) is 3.03. The smallest absolute Gasteiger partial charge is 0.306 e. The van der Waals surface area contributed by atoms with Gasteiger partial charge in [0.15, 0.2) is 0 Å². The van der Waals surface area contributed by atoms with E-state index in [0.29, 0.717) is 19.3 Å². The van der Waals surface area contributed by atoms with Crippen molar-refractivity contribution in [2.75, 3.05) is 0 Å². The summed E-state index contributed by atoms with van der Waals surface area (Å²) in [4.78, 5) is 22.7. The second-order valence-electron chi connectivity index (χ2n) is 6.33. The van der Waals surface area contributed by atoms with E-state index in [2.05, 4.69) is 12.2 Å². The number of rotatable bonds is 10. The van der Waals surface area contributed by atoms with Crippen LogP contribution < -0.4 is 5.32 Å². The van der Waals surface area contributed by atoms with Crippen molar-refractivity contribution in [3.05, 3.63) is 0 Å². The van der Waals surface area contributed by atoms with E-state index in [-0.39, 0.29) is 17.9 Å². The van der Waals surface area contributed by atoms with Crippen LogP contribution in [0.5, 0.6) is 0 Å². The first-order chi connectivity index (χ1) is 10.1. The second-order valence-corrected chi connectivity index (χ2v) is 6.33. The van der Waals surface area contributed by atoms with E-state index in [0.717, 1.165) is 25.7 Å². The van der Waals surface area contributed by atoms with Crippen molar-refractivity contribution in [2.24, 2.45) is 5.92 Å². The second kappa shape index (κ2) is 10.6. The Morgan fingerprint density at radius 3 is 2.10 bits per heavy atom. The predicted molar refractivity (Wildman–Crippen MR) is 84.1 cm³/mol. The molecule has 0 radical (unpaired) electrons. The van der Waals surface area contributed by atoms with Gasteiger partial charge in [-0.1, -0.05) is 45.4 Å².